The van der Waals surface area contributed by atoms with Gasteiger partial charge in [0.25, 0.3) is 0 Å². The molecule has 33 heavy (non-hydrogen) atoms. The highest BCUT2D eigenvalue weighted by Crippen LogP contribution is 2.36. The van der Waals surface area contributed by atoms with Gasteiger partial charge in [0.05, 0.1) is 37.5 Å². The molecule has 1 N–H and O–H groups in total. The highest BCUT2D eigenvalue weighted by atomic mass is 35.5. The van der Waals surface area contributed by atoms with E-state index >= 15 is 0 Å². The van der Waals surface area contributed by atoms with Crippen LogP contribution in [-0.4, -0.2) is 71.4 Å². The predicted octanol–water partition coefficient (Wildman–Crippen LogP) is 2.90. The Labute approximate surface area is 199 Å². The van der Waals surface area contributed by atoms with E-state index in [0.29, 0.717) is 63.1 Å². The second-order valence-corrected chi connectivity index (χ2v) is 10.2. The maximum Gasteiger partial charge on any atom is 0.243 e. The minimum Gasteiger partial charge on any atom is -0.496 e. The van der Waals surface area contributed by atoms with Gasteiger partial charge in [-0.25, -0.2) is 8.42 Å². The zero-order valence-electron chi connectivity index (χ0n) is 18.8. The zero-order valence-corrected chi connectivity index (χ0v) is 20.3. The number of methoxy groups -OCH3 is 2. The van der Waals surface area contributed by atoms with Crippen LogP contribution in [0.2, 0.25) is 0 Å². The van der Waals surface area contributed by atoms with Gasteiger partial charge in [-0.2, -0.15) is 4.31 Å². The summed E-state index contributed by atoms with van der Waals surface area (Å²) in [7, 11) is -0.402. The van der Waals surface area contributed by atoms with Crippen LogP contribution >= 0.6 is 11.6 Å². The Kier molecular flexibility index (Phi) is 7.55. The van der Waals surface area contributed by atoms with Crippen LogP contribution in [-0.2, 0) is 32.3 Å². The fraction of sp³-hybridized carbons (Fsp3) is 0.435. The lowest BCUT2D eigenvalue weighted by Gasteiger charge is -2.26. The Balaban J connectivity index is 1.61. The smallest absolute Gasteiger partial charge is 0.243 e. The molecule has 0 bridgehead atoms. The summed E-state index contributed by atoms with van der Waals surface area (Å²) in [5.41, 5.74) is 4.45. The third-order valence-corrected chi connectivity index (χ3v) is 7.96. The summed E-state index contributed by atoms with van der Waals surface area (Å²) in [5.74, 6) is 0.511. The summed E-state index contributed by atoms with van der Waals surface area (Å²) in [5, 5.41) is 4.07. The molecular formula is C23H28ClN3O5S. The molecule has 8 nitrogen and oxygen atoms in total. The maximum atomic E-state index is 13.0. The topological polar surface area (TPSA) is 90.0 Å². The number of allylic oxidation sites excluding steroid dienone is 1. The Morgan fingerprint density at radius 3 is 2.73 bits per heavy atom. The van der Waals surface area contributed by atoms with E-state index in [4.69, 9.17) is 30.8 Å². The Morgan fingerprint density at radius 2 is 2.00 bits per heavy atom. The van der Waals surface area contributed by atoms with E-state index in [9.17, 15) is 8.42 Å². The number of sulfonamides is 1. The minimum absolute atomic E-state index is 0.213. The molecule has 1 fully saturated rings. The molecule has 0 radical (unpaired) electrons. The first-order valence-electron chi connectivity index (χ1n) is 10.8. The van der Waals surface area contributed by atoms with Gasteiger partial charge >= 0.3 is 0 Å². The normalized spacial score (nSPS) is 16.4. The number of hydrogen-bond donors (Lipinski definition) is 1. The van der Waals surface area contributed by atoms with Crippen molar-refractivity contribution in [2.75, 3.05) is 59.0 Å². The lowest BCUT2D eigenvalue weighted by Crippen LogP contribution is -2.40. The quantitative estimate of drug-likeness (QED) is 0.537. The van der Waals surface area contributed by atoms with Gasteiger partial charge in [0, 0.05) is 73.2 Å². The summed E-state index contributed by atoms with van der Waals surface area (Å²) >= 11 is 6.41. The first kappa shape index (κ1) is 24.0. The highest BCUT2D eigenvalue weighted by Gasteiger charge is 2.27. The third kappa shape index (κ3) is 5.17. The number of halogens is 1. The maximum absolute atomic E-state index is 13.0. The number of benzene rings is 1. The lowest BCUT2D eigenvalue weighted by molar-refractivity contribution is 0.0730. The zero-order chi connectivity index (χ0) is 23.4. The van der Waals surface area contributed by atoms with Crippen molar-refractivity contribution in [3.63, 3.8) is 0 Å². The van der Waals surface area contributed by atoms with E-state index in [1.807, 2.05) is 12.1 Å². The molecule has 2 aromatic rings. The van der Waals surface area contributed by atoms with Crippen molar-refractivity contribution in [3.05, 3.63) is 52.9 Å². The van der Waals surface area contributed by atoms with E-state index in [2.05, 4.69) is 5.32 Å². The molecule has 2 aliphatic rings. The summed E-state index contributed by atoms with van der Waals surface area (Å²) < 4.78 is 43.5. The molecule has 1 aliphatic carbocycles. The number of pyridine rings is 1. The lowest BCUT2D eigenvalue weighted by atomic mass is 10.1. The van der Waals surface area contributed by atoms with Crippen molar-refractivity contribution in [1.82, 2.24) is 9.29 Å². The Bertz CT molecular complexity index is 1150. The molecule has 1 saturated heterocycles. The van der Waals surface area contributed by atoms with Gasteiger partial charge in [-0.15, -0.1) is 0 Å². The van der Waals surface area contributed by atoms with E-state index in [0.717, 1.165) is 28.2 Å². The van der Waals surface area contributed by atoms with Crippen molar-refractivity contribution < 1.29 is 22.6 Å². The van der Waals surface area contributed by atoms with Gasteiger partial charge in [-0.3, -0.25) is 4.98 Å². The highest BCUT2D eigenvalue weighted by molar-refractivity contribution is 7.89. The van der Waals surface area contributed by atoms with Gasteiger partial charge in [0.2, 0.25) is 10.0 Å². The first-order chi connectivity index (χ1) is 15.9. The molecule has 2 heterocycles. The van der Waals surface area contributed by atoms with Crippen molar-refractivity contribution in [2.24, 2.45) is 0 Å². The number of aromatic nitrogens is 1. The summed E-state index contributed by atoms with van der Waals surface area (Å²) in [6, 6.07) is 6.99. The molecule has 1 aliphatic heterocycles. The van der Waals surface area contributed by atoms with Crippen LogP contribution < -0.4 is 10.1 Å². The van der Waals surface area contributed by atoms with Crippen LogP contribution in [0.1, 0.15) is 22.5 Å². The van der Waals surface area contributed by atoms with Crippen LogP contribution in [0.25, 0.3) is 5.03 Å². The average molecular weight is 494 g/mol. The van der Waals surface area contributed by atoms with Crippen LogP contribution in [0.5, 0.6) is 5.75 Å². The van der Waals surface area contributed by atoms with Crippen LogP contribution in [0.3, 0.4) is 0 Å². The van der Waals surface area contributed by atoms with E-state index in [1.165, 1.54) is 4.31 Å². The monoisotopic (exact) mass is 493 g/mol. The van der Waals surface area contributed by atoms with Gasteiger partial charge in [-0.1, -0.05) is 23.7 Å². The molecule has 4 rings (SSSR count). The number of morpholine rings is 1. The van der Waals surface area contributed by atoms with E-state index in [1.54, 1.807) is 32.4 Å². The Hall–Kier alpha value is -2.17. The number of ether oxygens (including phenoxy) is 3. The second kappa shape index (κ2) is 10.4. The fourth-order valence-electron chi connectivity index (χ4n) is 4.04. The van der Waals surface area contributed by atoms with Crippen LogP contribution in [0.4, 0.5) is 5.69 Å². The largest absolute Gasteiger partial charge is 0.496 e. The van der Waals surface area contributed by atoms with E-state index in [-0.39, 0.29) is 4.90 Å². The molecule has 0 atom stereocenters. The molecule has 178 valence electrons. The van der Waals surface area contributed by atoms with Gasteiger partial charge in [0.1, 0.15) is 5.75 Å². The molecule has 10 heteroatoms. The molecule has 0 saturated carbocycles. The molecule has 0 amide bonds. The number of nitrogens with one attached hydrogen (secondary N) is 1. The van der Waals surface area contributed by atoms with Crippen molar-refractivity contribution >= 4 is 32.3 Å². The molecule has 1 aromatic carbocycles. The predicted molar refractivity (Wildman–Crippen MR) is 128 cm³/mol. The van der Waals surface area contributed by atoms with Gasteiger partial charge in [0.15, 0.2) is 0 Å². The van der Waals surface area contributed by atoms with Crippen LogP contribution in [0, 0.1) is 0 Å². The minimum atomic E-state index is -3.60. The Morgan fingerprint density at radius 1 is 1.21 bits per heavy atom. The number of anilines is 1. The summed E-state index contributed by atoms with van der Waals surface area (Å²) in [6.45, 7) is 2.71. The fourth-order valence-corrected chi connectivity index (χ4v) is 5.75. The first-order valence-corrected chi connectivity index (χ1v) is 12.6. The molecule has 1 aromatic heterocycles. The number of nitrogens with zero attached hydrogens (tertiary/aromatic N) is 2. The number of fused-ring (bicyclic) bond motifs is 1. The van der Waals surface area contributed by atoms with Crippen molar-refractivity contribution in [1.29, 1.82) is 0 Å². The standard InChI is InChI=1S/C23H28ClN3O5S/c1-30-10-7-25-21-14-17(26-20-6-5-19(24)23(20)21)13-16-3-4-18(15-22(16)31-2)33(28,29)27-8-11-32-12-9-27/h3-5,14-15H,6-13H2,1-2H3,(H,25,26). The molecule has 0 unspecified atom stereocenters. The third-order valence-electron chi connectivity index (χ3n) is 5.72. The van der Waals surface area contributed by atoms with E-state index < -0.39 is 10.0 Å². The number of rotatable bonds is 9. The average Bonchev–Trinajstić information content (AvgIpc) is 3.20. The molecular weight excluding hydrogens is 466 g/mol. The number of hydrogen-bond acceptors (Lipinski definition) is 7. The van der Waals surface area contributed by atoms with Gasteiger partial charge in [-0.05, 0) is 12.1 Å². The second-order valence-electron chi connectivity index (χ2n) is 7.83. The van der Waals surface area contributed by atoms with Crippen LogP contribution in [0.15, 0.2) is 35.2 Å². The molecule has 0 spiro atoms. The SMILES string of the molecule is COCCNc1cc(Cc2ccc(S(=O)(=O)N3CCOCC3)cc2OC)nc2c1C(Cl)=CC2. The summed E-state index contributed by atoms with van der Waals surface area (Å²) in [6.07, 6.45) is 3.12. The van der Waals surface area contributed by atoms with Crippen molar-refractivity contribution in [3.8, 4) is 5.75 Å². The van der Waals surface area contributed by atoms with Crippen molar-refractivity contribution in [2.45, 2.75) is 17.7 Å². The summed E-state index contributed by atoms with van der Waals surface area (Å²) in [4.78, 5) is 5.02. The van der Waals surface area contributed by atoms with Gasteiger partial charge < -0.3 is 19.5 Å².